The molecule has 114 valence electrons. The first-order valence-electron chi connectivity index (χ1n) is 6.04. The molecule has 8 heteroatoms. The number of hydrogen-bond donors (Lipinski definition) is 2. The van der Waals surface area contributed by atoms with Crippen LogP contribution in [0.15, 0.2) is 40.9 Å². The number of nitrogens with one attached hydrogen (secondary N) is 1. The molecule has 0 aliphatic carbocycles. The Morgan fingerprint density at radius 1 is 1.32 bits per heavy atom. The molecule has 2 N–H and O–H groups in total. The lowest BCUT2D eigenvalue weighted by Crippen LogP contribution is -2.13. The maximum Gasteiger partial charge on any atom is 0.270 e. The fourth-order valence-corrected chi connectivity index (χ4v) is 2.15. The fraction of sp³-hybridized carbons (Fsp3) is 0.0714. The number of phenols is 1. The van der Waals surface area contributed by atoms with Crippen LogP contribution in [0.2, 0.25) is 0 Å². The van der Waals surface area contributed by atoms with Crippen LogP contribution in [0.4, 0.5) is 11.4 Å². The average molecular weight is 367 g/mol. The Morgan fingerprint density at radius 2 is 2.05 bits per heavy atom. The lowest BCUT2D eigenvalue weighted by atomic mass is 10.1. The summed E-state index contributed by atoms with van der Waals surface area (Å²) in [5, 5.41) is 23.0. The molecule has 0 radical (unpaired) electrons. The minimum atomic E-state index is -0.631. The molecule has 22 heavy (non-hydrogen) atoms. The van der Waals surface area contributed by atoms with Gasteiger partial charge < -0.3 is 15.2 Å². The van der Waals surface area contributed by atoms with Crippen molar-refractivity contribution in [3.8, 4) is 11.5 Å². The van der Waals surface area contributed by atoms with Gasteiger partial charge in [-0.3, -0.25) is 14.9 Å². The summed E-state index contributed by atoms with van der Waals surface area (Å²) in [5.74, 6) is -0.563. The first-order chi connectivity index (χ1) is 10.4. The minimum absolute atomic E-state index is 0.00363. The smallest absolute Gasteiger partial charge is 0.270 e. The number of anilines is 1. The number of ether oxygens (including phenoxy) is 1. The van der Waals surface area contributed by atoms with Crippen LogP contribution in [0.3, 0.4) is 0 Å². The molecule has 0 atom stereocenters. The van der Waals surface area contributed by atoms with Crippen LogP contribution < -0.4 is 10.1 Å². The normalized spacial score (nSPS) is 10.1. The third-order valence-corrected chi connectivity index (χ3v) is 3.34. The molecule has 0 bridgehead atoms. The Hall–Kier alpha value is -2.61. The maximum absolute atomic E-state index is 12.3. The van der Waals surface area contributed by atoms with E-state index in [0.717, 1.165) is 6.07 Å². The van der Waals surface area contributed by atoms with E-state index in [9.17, 15) is 20.0 Å². The van der Waals surface area contributed by atoms with Gasteiger partial charge in [0.15, 0.2) is 0 Å². The number of carbonyl (C=O) groups is 1. The van der Waals surface area contributed by atoms with Crippen molar-refractivity contribution in [1.29, 1.82) is 0 Å². The molecule has 0 aliphatic heterocycles. The molecule has 0 saturated carbocycles. The van der Waals surface area contributed by atoms with Crippen LogP contribution in [0.5, 0.6) is 11.5 Å². The number of phenolic OH excluding ortho intramolecular Hbond substituents is 1. The second-order valence-corrected chi connectivity index (χ2v) is 5.17. The van der Waals surface area contributed by atoms with Crippen LogP contribution in [0.25, 0.3) is 0 Å². The van der Waals surface area contributed by atoms with Crippen molar-refractivity contribution in [1.82, 2.24) is 0 Å². The first kappa shape index (κ1) is 15.8. The third-order valence-electron chi connectivity index (χ3n) is 2.85. The second-order valence-electron chi connectivity index (χ2n) is 4.26. The van der Waals surface area contributed by atoms with Gasteiger partial charge in [-0.15, -0.1) is 0 Å². The van der Waals surface area contributed by atoms with Crippen molar-refractivity contribution in [2.75, 3.05) is 12.4 Å². The number of benzene rings is 2. The fourth-order valence-electron chi connectivity index (χ4n) is 1.79. The number of nitro groups is 1. The highest BCUT2D eigenvalue weighted by atomic mass is 79.9. The Balaban J connectivity index is 2.38. The highest BCUT2D eigenvalue weighted by Crippen LogP contribution is 2.29. The number of nitro benzene ring substituents is 1. The number of rotatable bonds is 4. The third kappa shape index (κ3) is 3.34. The van der Waals surface area contributed by atoms with E-state index in [1.54, 1.807) is 6.07 Å². The summed E-state index contributed by atoms with van der Waals surface area (Å²) in [6.45, 7) is 0. The average Bonchev–Trinajstić information content (AvgIpc) is 2.50. The molecule has 0 saturated heterocycles. The van der Waals surface area contributed by atoms with Gasteiger partial charge in [0.25, 0.3) is 11.6 Å². The highest BCUT2D eigenvalue weighted by molar-refractivity contribution is 9.10. The number of carbonyl (C=O) groups excluding carboxylic acids is 1. The monoisotopic (exact) mass is 366 g/mol. The zero-order chi connectivity index (χ0) is 16.3. The lowest BCUT2D eigenvalue weighted by Gasteiger charge is -2.10. The van der Waals surface area contributed by atoms with Crippen molar-refractivity contribution in [3.63, 3.8) is 0 Å². The molecule has 2 aromatic carbocycles. The molecular weight excluding hydrogens is 356 g/mol. The zero-order valence-corrected chi connectivity index (χ0v) is 13.0. The van der Waals surface area contributed by atoms with Crippen molar-refractivity contribution in [3.05, 3.63) is 56.5 Å². The van der Waals surface area contributed by atoms with Gasteiger partial charge in [-0.25, -0.2) is 0 Å². The van der Waals surface area contributed by atoms with E-state index in [4.69, 9.17) is 4.74 Å². The molecule has 1 amide bonds. The Kier molecular flexibility index (Phi) is 4.62. The molecule has 0 heterocycles. The zero-order valence-electron chi connectivity index (χ0n) is 11.4. The van der Waals surface area contributed by atoms with Crippen LogP contribution in [0, 0.1) is 10.1 Å². The van der Waals surface area contributed by atoms with Crippen molar-refractivity contribution in [2.24, 2.45) is 0 Å². The van der Waals surface area contributed by atoms with Gasteiger partial charge in [0, 0.05) is 16.6 Å². The highest BCUT2D eigenvalue weighted by Gasteiger charge is 2.18. The topological polar surface area (TPSA) is 102 Å². The van der Waals surface area contributed by atoms with E-state index < -0.39 is 10.8 Å². The summed E-state index contributed by atoms with van der Waals surface area (Å²) >= 11 is 3.22. The van der Waals surface area contributed by atoms with Crippen LogP contribution >= 0.6 is 15.9 Å². The molecule has 0 unspecified atom stereocenters. The molecule has 2 rings (SSSR count). The van der Waals surface area contributed by atoms with Gasteiger partial charge in [0.05, 0.1) is 23.3 Å². The van der Waals surface area contributed by atoms with Crippen LogP contribution in [0.1, 0.15) is 10.4 Å². The summed E-state index contributed by atoms with van der Waals surface area (Å²) in [6, 6.07) is 8.23. The van der Waals surface area contributed by atoms with Gasteiger partial charge in [-0.2, -0.15) is 0 Å². The van der Waals surface area contributed by atoms with E-state index in [0.29, 0.717) is 4.47 Å². The number of methoxy groups -OCH3 is 1. The SMILES string of the molecule is COc1ccc([N+](=O)[O-])cc1C(=O)Nc1cc(Br)ccc1O. The van der Waals surface area contributed by atoms with Crippen LogP contribution in [-0.4, -0.2) is 23.0 Å². The Labute approximate surface area is 133 Å². The van der Waals surface area contributed by atoms with Gasteiger partial charge >= 0.3 is 0 Å². The van der Waals surface area contributed by atoms with Gasteiger partial charge in [-0.1, -0.05) is 15.9 Å². The predicted octanol–water partition coefficient (Wildman–Crippen LogP) is 3.32. The van der Waals surface area contributed by atoms with Crippen LogP contribution in [-0.2, 0) is 0 Å². The number of nitrogens with zero attached hydrogens (tertiary/aromatic N) is 1. The van der Waals surface area contributed by atoms with Crippen molar-refractivity contribution < 1.29 is 19.6 Å². The summed E-state index contributed by atoms with van der Waals surface area (Å²) < 4.78 is 5.70. The van der Waals surface area contributed by atoms with E-state index in [1.807, 2.05) is 0 Å². The van der Waals surface area contributed by atoms with Crippen molar-refractivity contribution >= 4 is 33.2 Å². The second kappa shape index (κ2) is 6.44. The molecule has 0 fully saturated rings. The standard InChI is InChI=1S/C14H11BrN2O5/c1-22-13-5-3-9(17(20)21)7-10(13)14(19)16-11-6-8(15)2-4-12(11)18/h2-7,18H,1H3,(H,16,19). The van der Waals surface area contributed by atoms with E-state index >= 15 is 0 Å². The Morgan fingerprint density at radius 3 is 2.68 bits per heavy atom. The summed E-state index contributed by atoms with van der Waals surface area (Å²) in [7, 11) is 1.36. The number of aromatic hydroxyl groups is 1. The Bertz CT molecular complexity index is 748. The number of amides is 1. The van der Waals surface area contributed by atoms with Gasteiger partial charge in [0.2, 0.25) is 0 Å². The summed E-state index contributed by atoms with van der Waals surface area (Å²) in [6.07, 6.45) is 0. The number of non-ortho nitro benzene ring substituents is 1. The predicted molar refractivity (Wildman–Crippen MR) is 83.4 cm³/mol. The lowest BCUT2D eigenvalue weighted by molar-refractivity contribution is -0.384. The summed E-state index contributed by atoms with van der Waals surface area (Å²) in [4.78, 5) is 22.5. The molecule has 7 nitrogen and oxygen atoms in total. The largest absolute Gasteiger partial charge is 0.506 e. The van der Waals surface area contributed by atoms with E-state index in [1.165, 1.54) is 31.4 Å². The quantitative estimate of drug-likeness (QED) is 0.490. The van der Waals surface area contributed by atoms with E-state index in [2.05, 4.69) is 21.2 Å². The number of halogens is 1. The molecule has 0 aromatic heterocycles. The number of hydrogen-bond acceptors (Lipinski definition) is 5. The van der Waals surface area contributed by atoms with Crippen molar-refractivity contribution in [2.45, 2.75) is 0 Å². The molecule has 2 aromatic rings. The molecule has 0 aliphatic rings. The first-order valence-corrected chi connectivity index (χ1v) is 6.84. The maximum atomic E-state index is 12.3. The molecular formula is C14H11BrN2O5. The van der Waals surface area contributed by atoms with E-state index in [-0.39, 0.29) is 28.4 Å². The van der Waals surface area contributed by atoms with Gasteiger partial charge in [-0.05, 0) is 24.3 Å². The molecule has 0 spiro atoms. The summed E-state index contributed by atoms with van der Waals surface area (Å²) in [5.41, 5.74) is -0.0616. The minimum Gasteiger partial charge on any atom is -0.506 e. The van der Waals surface area contributed by atoms with Gasteiger partial charge in [0.1, 0.15) is 11.5 Å².